The zero-order valence-corrected chi connectivity index (χ0v) is 11.1. The monoisotopic (exact) mass is 226 g/mol. The molecule has 94 valence electrons. The molecule has 0 saturated carbocycles. The molecule has 1 saturated heterocycles. The van der Waals surface area contributed by atoms with Crippen LogP contribution in [-0.2, 0) is 4.79 Å². The Morgan fingerprint density at radius 1 is 1.38 bits per heavy atom. The summed E-state index contributed by atoms with van der Waals surface area (Å²) in [4.78, 5) is 14.1. The number of nitrogens with two attached hydrogens (primary N) is 1. The second kappa shape index (κ2) is 5.17. The molecule has 1 fully saturated rings. The van der Waals surface area contributed by atoms with Crippen molar-refractivity contribution >= 4 is 5.91 Å². The van der Waals surface area contributed by atoms with Crippen LogP contribution in [0.25, 0.3) is 0 Å². The van der Waals surface area contributed by atoms with E-state index in [9.17, 15) is 4.79 Å². The first kappa shape index (κ1) is 13.5. The van der Waals surface area contributed by atoms with Crippen molar-refractivity contribution in [3.8, 4) is 0 Å². The molecular formula is C13H26N2O. The van der Waals surface area contributed by atoms with Crippen LogP contribution in [0.3, 0.4) is 0 Å². The summed E-state index contributed by atoms with van der Waals surface area (Å²) in [5, 5.41) is 0. The van der Waals surface area contributed by atoms with Crippen molar-refractivity contribution in [2.75, 3.05) is 13.1 Å². The summed E-state index contributed by atoms with van der Waals surface area (Å²) in [5.74, 6) is 0.365. The van der Waals surface area contributed by atoms with Crippen molar-refractivity contribution in [1.29, 1.82) is 0 Å². The van der Waals surface area contributed by atoms with Gasteiger partial charge in [-0.15, -0.1) is 0 Å². The van der Waals surface area contributed by atoms with Crippen molar-refractivity contribution in [2.24, 2.45) is 17.1 Å². The maximum absolute atomic E-state index is 12.1. The first-order valence-electron chi connectivity index (χ1n) is 6.50. The lowest BCUT2D eigenvalue weighted by atomic mass is 9.82. The molecule has 0 spiro atoms. The van der Waals surface area contributed by atoms with Crippen molar-refractivity contribution in [1.82, 2.24) is 4.90 Å². The lowest BCUT2D eigenvalue weighted by molar-refractivity contribution is -0.132. The van der Waals surface area contributed by atoms with Crippen molar-refractivity contribution in [3.05, 3.63) is 0 Å². The molecule has 0 aromatic carbocycles. The van der Waals surface area contributed by atoms with Gasteiger partial charge in [0.2, 0.25) is 5.91 Å². The van der Waals surface area contributed by atoms with E-state index in [2.05, 4.69) is 13.8 Å². The molecule has 0 aromatic heterocycles. The van der Waals surface area contributed by atoms with Gasteiger partial charge >= 0.3 is 0 Å². The van der Waals surface area contributed by atoms with Crippen LogP contribution in [0.5, 0.6) is 0 Å². The molecule has 16 heavy (non-hydrogen) atoms. The van der Waals surface area contributed by atoms with Crippen LogP contribution in [-0.4, -0.2) is 29.9 Å². The van der Waals surface area contributed by atoms with E-state index in [0.29, 0.717) is 5.41 Å². The van der Waals surface area contributed by atoms with E-state index in [-0.39, 0.29) is 17.9 Å². The average molecular weight is 226 g/mol. The van der Waals surface area contributed by atoms with Gasteiger partial charge in [-0.25, -0.2) is 0 Å². The number of carbonyl (C=O) groups excluding carboxylic acids is 1. The van der Waals surface area contributed by atoms with Gasteiger partial charge < -0.3 is 10.6 Å². The highest BCUT2D eigenvalue weighted by Crippen LogP contribution is 2.37. The molecule has 2 N–H and O–H groups in total. The maximum atomic E-state index is 12.1. The minimum atomic E-state index is -0.329. The quantitative estimate of drug-likeness (QED) is 0.797. The smallest absolute Gasteiger partial charge is 0.239 e. The standard InChI is InChI=1S/C13H26N2O/c1-5-13(6-2)7-8-15(9-13)12(16)11(14)10(3)4/h10-11H,5-9,14H2,1-4H3. The summed E-state index contributed by atoms with van der Waals surface area (Å²) in [7, 11) is 0. The van der Waals surface area contributed by atoms with Crippen LogP contribution in [0.2, 0.25) is 0 Å². The third kappa shape index (κ3) is 2.57. The fourth-order valence-corrected chi connectivity index (χ4v) is 2.45. The number of carbonyl (C=O) groups is 1. The van der Waals surface area contributed by atoms with Gasteiger partial charge in [-0.2, -0.15) is 0 Å². The lowest BCUT2D eigenvalue weighted by Gasteiger charge is -2.28. The Kier molecular flexibility index (Phi) is 4.36. The highest BCUT2D eigenvalue weighted by Gasteiger charge is 2.38. The fraction of sp³-hybridized carbons (Fsp3) is 0.923. The summed E-state index contributed by atoms with van der Waals surface area (Å²) in [6, 6.07) is -0.329. The van der Waals surface area contributed by atoms with Gasteiger partial charge in [0.25, 0.3) is 0 Å². The van der Waals surface area contributed by atoms with Gasteiger partial charge in [-0.05, 0) is 30.6 Å². The number of hydrogen-bond donors (Lipinski definition) is 1. The van der Waals surface area contributed by atoms with Crippen molar-refractivity contribution < 1.29 is 4.79 Å². The zero-order valence-electron chi connectivity index (χ0n) is 11.1. The van der Waals surface area contributed by atoms with E-state index in [4.69, 9.17) is 5.73 Å². The predicted molar refractivity (Wildman–Crippen MR) is 67.0 cm³/mol. The van der Waals surface area contributed by atoms with Crippen LogP contribution in [0.1, 0.15) is 47.0 Å². The third-order valence-electron chi connectivity index (χ3n) is 4.25. The van der Waals surface area contributed by atoms with Crippen molar-refractivity contribution in [2.45, 2.75) is 53.0 Å². The normalized spacial score (nSPS) is 21.5. The third-order valence-corrected chi connectivity index (χ3v) is 4.25. The molecule has 1 aliphatic rings. The second-order valence-corrected chi connectivity index (χ2v) is 5.49. The van der Waals surface area contributed by atoms with Gasteiger partial charge in [-0.3, -0.25) is 4.79 Å². The Balaban J connectivity index is 2.62. The second-order valence-electron chi connectivity index (χ2n) is 5.49. The average Bonchev–Trinajstić information content (AvgIpc) is 2.72. The molecule has 1 heterocycles. The summed E-state index contributed by atoms with van der Waals surface area (Å²) < 4.78 is 0. The summed E-state index contributed by atoms with van der Waals surface area (Å²) in [5.41, 5.74) is 6.27. The van der Waals surface area contributed by atoms with Gasteiger partial charge in [0, 0.05) is 13.1 Å². The van der Waals surface area contributed by atoms with Crippen LogP contribution < -0.4 is 5.73 Å². The minimum absolute atomic E-state index is 0.138. The molecule has 0 aliphatic carbocycles. The highest BCUT2D eigenvalue weighted by molar-refractivity contribution is 5.82. The molecule has 3 heteroatoms. The van der Waals surface area contributed by atoms with Crippen LogP contribution in [0.4, 0.5) is 0 Å². The Hall–Kier alpha value is -0.570. The molecule has 0 radical (unpaired) electrons. The van der Waals surface area contributed by atoms with E-state index in [1.54, 1.807) is 0 Å². The molecule has 0 bridgehead atoms. The first-order chi connectivity index (χ1) is 7.45. The van der Waals surface area contributed by atoms with E-state index < -0.39 is 0 Å². The van der Waals surface area contributed by atoms with Crippen LogP contribution >= 0.6 is 0 Å². The number of hydrogen-bond acceptors (Lipinski definition) is 2. The molecule has 3 nitrogen and oxygen atoms in total. The summed E-state index contributed by atoms with van der Waals surface area (Å²) in [6.07, 6.45) is 3.45. The Labute approximate surface area is 99.4 Å². The highest BCUT2D eigenvalue weighted by atomic mass is 16.2. The molecular weight excluding hydrogens is 200 g/mol. The Morgan fingerprint density at radius 2 is 1.94 bits per heavy atom. The van der Waals surface area contributed by atoms with Crippen molar-refractivity contribution in [3.63, 3.8) is 0 Å². The molecule has 1 unspecified atom stereocenters. The number of amides is 1. The van der Waals surface area contributed by atoms with E-state index >= 15 is 0 Å². The molecule has 1 aliphatic heterocycles. The maximum Gasteiger partial charge on any atom is 0.239 e. The van der Waals surface area contributed by atoms with Crippen LogP contribution in [0.15, 0.2) is 0 Å². The number of nitrogens with zero attached hydrogens (tertiary/aromatic N) is 1. The topological polar surface area (TPSA) is 46.3 Å². The zero-order chi connectivity index (χ0) is 12.3. The Bertz CT molecular complexity index is 246. The summed E-state index contributed by atoms with van der Waals surface area (Å²) in [6.45, 7) is 10.2. The number of rotatable bonds is 4. The van der Waals surface area contributed by atoms with E-state index in [1.165, 1.54) is 0 Å². The molecule has 1 atom stereocenters. The molecule has 1 rings (SSSR count). The first-order valence-corrected chi connectivity index (χ1v) is 6.50. The number of likely N-dealkylation sites (tertiary alicyclic amines) is 1. The fourth-order valence-electron chi connectivity index (χ4n) is 2.45. The van der Waals surface area contributed by atoms with Gasteiger partial charge in [0.1, 0.15) is 0 Å². The molecule has 0 aromatic rings. The summed E-state index contributed by atoms with van der Waals surface area (Å²) >= 11 is 0. The SMILES string of the molecule is CCC1(CC)CCN(C(=O)C(N)C(C)C)C1. The minimum Gasteiger partial charge on any atom is -0.341 e. The molecule has 1 amide bonds. The Morgan fingerprint density at radius 3 is 2.31 bits per heavy atom. The van der Waals surface area contributed by atoms with Gasteiger partial charge in [0.15, 0.2) is 0 Å². The van der Waals surface area contributed by atoms with Crippen LogP contribution in [0, 0.1) is 11.3 Å². The largest absolute Gasteiger partial charge is 0.341 e. The van der Waals surface area contributed by atoms with Gasteiger partial charge in [-0.1, -0.05) is 27.7 Å². The lowest BCUT2D eigenvalue weighted by Crippen LogP contribution is -2.46. The van der Waals surface area contributed by atoms with E-state index in [0.717, 1.165) is 32.4 Å². The van der Waals surface area contributed by atoms with Gasteiger partial charge in [0.05, 0.1) is 6.04 Å². The van der Waals surface area contributed by atoms with E-state index in [1.807, 2.05) is 18.7 Å². The predicted octanol–water partition coefficient (Wildman–Crippen LogP) is 2.01.